The standard InChI is InChI=1S/C32H26Cl2N2O4/c1-22-26(7-5-9-29(22)25-6-4-8-28(13-25)38-11-3-2-10-33)21-40-32-15-31(27(19-37)14-30(32)34)39-20-24-12-23(16-35)17-36-18-24/h2-9,12-15,17-19H,10-11,20-21H2,1H3/b3-2+. The van der Waals surface area contributed by atoms with Crippen LogP contribution in [0.25, 0.3) is 11.1 Å². The first-order valence-electron chi connectivity index (χ1n) is 12.4. The Bertz CT molecular complexity index is 1560. The third-order valence-electron chi connectivity index (χ3n) is 6.09. The average Bonchev–Trinajstić information content (AvgIpc) is 2.98. The monoisotopic (exact) mass is 572 g/mol. The fourth-order valence-electron chi connectivity index (χ4n) is 4.00. The second-order valence-electron chi connectivity index (χ2n) is 8.76. The summed E-state index contributed by atoms with van der Waals surface area (Å²) in [6.07, 6.45) is 7.48. The third-order valence-corrected chi connectivity index (χ3v) is 6.56. The Hall–Kier alpha value is -4.31. The summed E-state index contributed by atoms with van der Waals surface area (Å²) in [5.41, 5.74) is 5.53. The Morgan fingerprint density at radius 1 is 0.950 bits per heavy atom. The lowest BCUT2D eigenvalue weighted by Crippen LogP contribution is -2.03. The molecular weight excluding hydrogens is 547 g/mol. The molecule has 4 rings (SSSR count). The Balaban J connectivity index is 1.50. The molecule has 0 atom stereocenters. The van der Waals surface area contributed by atoms with Crippen LogP contribution in [0.3, 0.4) is 0 Å². The van der Waals surface area contributed by atoms with Crippen LogP contribution in [-0.2, 0) is 13.2 Å². The lowest BCUT2D eigenvalue weighted by Gasteiger charge is -2.16. The summed E-state index contributed by atoms with van der Waals surface area (Å²) in [4.78, 5) is 15.7. The normalized spacial score (nSPS) is 10.8. The number of carbonyl (C=O) groups excluding carboxylic acids is 1. The molecule has 202 valence electrons. The van der Waals surface area contributed by atoms with Crippen molar-refractivity contribution in [3.8, 4) is 34.4 Å². The smallest absolute Gasteiger partial charge is 0.153 e. The molecule has 3 aromatic carbocycles. The summed E-state index contributed by atoms with van der Waals surface area (Å²) in [5.74, 6) is 1.92. The minimum atomic E-state index is 0.122. The van der Waals surface area contributed by atoms with Gasteiger partial charge < -0.3 is 14.2 Å². The Labute approximate surface area is 243 Å². The molecule has 0 bridgehead atoms. The van der Waals surface area contributed by atoms with Crippen molar-refractivity contribution in [2.45, 2.75) is 20.1 Å². The van der Waals surface area contributed by atoms with Gasteiger partial charge in [0.2, 0.25) is 0 Å². The highest BCUT2D eigenvalue weighted by Crippen LogP contribution is 2.34. The fourth-order valence-corrected chi connectivity index (χ4v) is 4.36. The number of aromatic nitrogens is 1. The molecule has 6 nitrogen and oxygen atoms in total. The number of halogens is 2. The fraction of sp³-hybridized carbons (Fsp3) is 0.156. The molecule has 0 aliphatic rings. The summed E-state index contributed by atoms with van der Waals surface area (Å²) in [5, 5.41) is 9.39. The number of ether oxygens (including phenoxy) is 3. The first kappa shape index (κ1) is 28.7. The van der Waals surface area contributed by atoms with E-state index in [9.17, 15) is 4.79 Å². The van der Waals surface area contributed by atoms with Crippen molar-refractivity contribution < 1.29 is 19.0 Å². The van der Waals surface area contributed by atoms with Crippen LogP contribution in [0.15, 0.2) is 85.2 Å². The molecule has 8 heteroatoms. The molecule has 0 spiro atoms. The minimum absolute atomic E-state index is 0.122. The first-order valence-corrected chi connectivity index (χ1v) is 13.3. The van der Waals surface area contributed by atoms with Gasteiger partial charge in [-0.1, -0.05) is 54.1 Å². The highest BCUT2D eigenvalue weighted by molar-refractivity contribution is 6.32. The molecule has 0 aliphatic carbocycles. The maximum atomic E-state index is 11.7. The van der Waals surface area contributed by atoms with Gasteiger partial charge in [-0.2, -0.15) is 5.26 Å². The largest absolute Gasteiger partial charge is 0.490 e. The van der Waals surface area contributed by atoms with E-state index in [1.165, 1.54) is 12.3 Å². The molecule has 0 saturated heterocycles. The van der Waals surface area contributed by atoms with Gasteiger partial charge in [0.1, 0.15) is 43.1 Å². The van der Waals surface area contributed by atoms with Gasteiger partial charge in [-0.3, -0.25) is 9.78 Å². The molecule has 0 radical (unpaired) electrons. The van der Waals surface area contributed by atoms with E-state index in [1.54, 1.807) is 18.3 Å². The topological polar surface area (TPSA) is 81.4 Å². The zero-order valence-corrected chi connectivity index (χ0v) is 23.3. The van der Waals surface area contributed by atoms with Gasteiger partial charge in [-0.15, -0.1) is 11.6 Å². The van der Waals surface area contributed by atoms with Crippen molar-refractivity contribution in [1.82, 2.24) is 4.98 Å². The summed E-state index contributed by atoms with van der Waals surface area (Å²) in [6, 6.07) is 20.8. The number of alkyl halides is 1. The molecule has 1 aromatic heterocycles. The van der Waals surface area contributed by atoms with E-state index in [-0.39, 0.29) is 13.2 Å². The number of hydrogen-bond acceptors (Lipinski definition) is 6. The summed E-state index contributed by atoms with van der Waals surface area (Å²) in [6.45, 7) is 2.87. The van der Waals surface area contributed by atoms with E-state index in [0.717, 1.165) is 28.0 Å². The van der Waals surface area contributed by atoms with Crippen molar-refractivity contribution in [2.75, 3.05) is 12.5 Å². The van der Waals surface area contributed by atoms with Crippen LogP contribution in [0.4, 0.5) is 0 Å². The van der Waals surface area contributed by atoms with Crippen LogP contribution in [0.1, 0.15) is 32.6 Å². The number of benzene rings is 3. The van der Waals surface area contributed by atoms with Crippen LogP contribution in [0, 0.1) is 18.3 Å². The van der Waals surface area contributed by atoms with E-state index in [1.807, 2.05) is 61.5 Å². The van der Waals surface area contributed by atoms with Gasteiger partial charge in [-0.25, -0.2) is 0 Å². The van der Waals surface area contributed by atoms with Crippen molar-refractivity contribution >= 4 is 29.5 Å². The predicted molar refractivity (Wildman–Crippen MR) is 156 cm³/mol. The molecule has 0 amide bonds. The highest BCUT2D eigenvalue weighted by Gasteiger charge is 2.13. The van der Waals surface area contributed by atoms with E-state index < -0.39 is 0 Å². The molecule has 4 aromatic rings. The number of allylic oxidation sites excluding steroid dienone is 1. The van der Waals surface area contributed by atoms with Crippen LogP contribution < -0.4 is 14.2 Å². The van der Waals surface area contributed by atoms with Gasteiger partial charge in [-0.05, 0) is 53.4 Å². The number of nitrogens with zero attached hydrogens (tertiary/aromatic N) is 2. The van der Waals surface area contributed by atoms with Gasteiger partial charge in [0.25, 0.3) is 0 Å². The van der Waals surface area contributed by atoms with Crippen molar-refractivity contribution in [1.29, 1.82) is 5.26 Å². The second kappa shape index (κ2) is 14.2. The number of hydrogen-bond donors (Lipinski definition) is 0. The van der Waals surface area contributed by atoms with Gasteiger partial charge in [0.15, 0.2) is 6.29 Å². The molecule has 0 fully saturated rings. The van der Waals surface area contributed by atoms with E-state index in [2.05, 4.69) is 11.1 Å². The van der Waals surface area contributed by atoms with Crippen LogP contribution >= 0.6 is 23.2 Å². The predicted octanol–water partition coefficient (Wildman–Crippen LogP) is 7.73. The molecule has 0 saturated carbocycles. The SMILES string of the molecule is Cc1c(COc2cc(OCc3cncc(C#N)c3)c(C=O)cc2Cl)cccc1-c1cccc(OC/C=C/CCl)c1. The number of nitriles is 1. The first-order chi connectivity index (χ1) is 19.5. The lowest BCUT2D eigenvalue weighted by molar-refractivity contribution is 0.111. The van der Waals surface area contributed by atoms with Crippen LogP contribution in [0.5, 0.6) is 17.2 Å². The highest BCUT2D eigenvalue weighted by atomic mass is 35.5. The number of carbonyl (C=O) groups is 1. The zero-order chi connectivity index (χ0) is 28.3. The van der Waals surface area contributed by atoms with Crippen molar-refractivity contribution in [2.24, 2.45) is 0 Å². The van der Waals surface area contributed by atoms with Crippen molar-refractivity contribution in [3.63, 3.8) is 0 Å². The Morgan fingerprint density at radius 2 is 1.77 bits per heavy atom. The molecule has 0 N–H and O–H groups in total. The van der Waals surface area contributed by atoms with Crippen LogP contribution in [-0.4, -0.2) is 23.8 Å². The molecule has 0 unspecified atom stereocenters. The van der Waals surface area contributed by atoms with Gasteiger partial charge in [0, 0.05) is 29.9 Å². The summed E-state index contributed by atoms with van der Waals surface area (Å²) >= 11 is 12.1. The molecule has 1 heterocycles. The van der Waals surface area contributed by atoms with Gasteiger partial charge in [0.05, 0.1) is 16.1 Å². The average molecular weight is 573 g/mol. The van der Waals surface area contributed by atoms with Crippen molar-refractivity contribution in [3.05, 3.63) is 118 Å². The van der Waals surface area contributed by atoms with Gasteiger partial charge >= 0.3 is 0 Å². The van der Waals surface area contributed by atoms with E-state index in [4.69, 9.17) is 42.7 Å². The van der Waals surface area contributed by atoms with E-state index in [0.29, 0.717) is 52.0 Å². The summed E-state index contributed by atoms with van der Waals surface area (Å²) in [7, 11) is 0. The molecule has 40 heavy (non-hydrogen) atoms. The third kappa shape index (κ3) is 7.41. The lowest BCUT2D eigenvalue weighted by atomic mass is 9.96. The zero-order valence-electron chi connectivity index (χ0n) is 21.8. The maximum absolute atomic E-state index is 11.7. The second-order valence-corrected chi connectivity index (χ2v) is 9.48. The Kier molecular flexibility index (Phi) is 10.2. The number of aldehydes is 1. The van der Waals surface area contributed by atoms with E-state index >= 15 is 0 Å². The molecule has 0 aliphatic heterocycles. The Morgan fingerprint density at radius 3 is 2.58 bits per heavy atom. The minimum Gasteiger partial charge on any atom is -0.490 e. The van der Waals surface area contributed by atoms with Crippen LogP contribution in [0.2, 0.25) is 5.02 Å². The molecular formula is C32H26Cl2N2O4. The quantitative estimate of drug-likeness (QED) is 0.0981. The summed E-state index contributed by atoms with van der Waals surface area (Å²) < 4.78 is 17.8. The maximum Gasteiger partial charge on any atom is 0.153 e. The number of pyridine rings is 1. The number of rotatable bonds is 12.